The van der Waals surface area contributed by atoms with Crippen LogP contribution in [0.1, 0.15) is 41.5 Å². The normalized spacial score (nSPS) is 8.00. The summed E-state index contributed by atoms with van der Waals surface area (Å²) in [5.41, 5.74) is 0. The molecule has 0 aliphatic rings. The van der Waals surface area contributed by atoms with Gasteiger partial charge in [0.15, 0.2) is 0 Å². The van der Waals surface area contributed by atoms with Gasteiger partial charge in [0.2, 0.25) is 0 Å². The van der Waals surface area contributed by atoms with Gasteiger partial charge in [-0.25, -0.2) is 0 Å². The van der Waals surface area contributed by atoms with E-state index < -0.39 is 0 Å². The monoisotopic (exact) mass is 220 g/mol. The Morgan fingerprint density at radius 3 is 0.556 bits per heavy atom. The van der Waals surface area contributed by atoms with E-state index in [1.165, 1.54) is 11.8 Å². The van der Waals surface area contributed by atoms with Crippen LogP contribution >= 0.6 is 0 Å². The van der Waals surface area contributed by atoms with Crippen molar-refractivity contribution in [2.45, 2.75) is 41.5 Å². The predicted octanol–water partition coefficient (Wildman–Crippen LogP) is 3.24. The van der Waals surface area contributed by atoms with Crippen LogP contribution < -0.4 is 0 Å². The molecule has 0 radical (unpaired) electrons. The van der Waals surface area contributed by atoms with Crippen LogP contribution in [0, 0.1) is 11.8 Å². The van der Waals surface area contributed by atoms with Gasteiger partial charge in [0.1, 0.15) is 0 Å². The molecular formula is C8H18Pd. The molecule has 0 saturated carbocycles. The first kappa shape index (κ1) is 16.3. The van der Waals surface area contributed by atoms with E-state index in [2.05, 4.69) is 41.5 Å². The van der Waals surface area contributed by atoms with Crippen molar-refractivity contribution < 1.29 is 20.4 Å². The average molecular weight is 221 g/mol. The molecule has 0 aromatic carbocycles. The molecule has 0 bridgehead atoms. The second-order valence-electron chi connectivity index (χ2n) is 3.00. The molecule has 9 heavy (non-hydrogen) atoms. The predicted molar refractivity (Wildman–Crippen MR) is 40.5 cm³/mol. The van der Waals surface area contributed by atoms with Crippen molar-refractivity contribution in [3.05, 3.63) is 11.8 Å². The van der Waals surface area contributed by atoms with Gasteiger partial charge in [-0.3, -0.25) is 0 Å². The summed E-state index contributed by atoms with van der Waals surface area (Å²) >= 11 is 0. The summed E-state index contributed by atoms with van der Waals surface area (Å²) in [5.74, 6) is 2.83. The van der Waals surface area contributed by atoms with Gasteiger partial charge in [0.25, 0.3) is 0 Å². The van der Waals surface area contributed by atoms with Gasteiger partial charge in [-0.15, -0.1) is 0 Å². The van der Waals surface area contributed by atoms with E-state index in [0.29, 0.717) is 0 Å². The van der Waals surface area contributed by atoms with E-state index in [1.807, 2.05) is 0 Å². The molecule has 0 rings (SSSR count). The van der Waals surface area contributed by atoms with Crippen molar-refractivity contribution in [1.29, 1.82) is 0 Å². The maximum atomic E-state index is 2.08. The first-order valence-electron chi connectivity index (χ1n) is 3.00. The molecule has 0 saturated heterocycles. The van der Waals surface area contributed by atoms with Crippen LogP contribution in [0.3, 0.4) is 0 Å². The van der Waals surface area contributed by atoms with Gasteiger partial charge in [0, 0.05) is 0 Å². The summed E-state index contributed by atoms with van der Waals surface area (Å²) in [5, 5.41) is 0. The fraction of sp³-hybridized carbons (Fsp3) is 0.750. The Morgan fingerprint density at radius 2 is 0.556 bits per heavy atom. The van der Waals surface area contributed by atoms with Gasteiger partial charge in [0.05, 0.1) is 0 Å². The van der Waals surface area contributed by atoms with E-state index in [4.69, 9.17) is 0 Å². The Hall–Kier alpha value is 0.662. The zero-order valence-electron chi connectivity index (χ0n) is 7.32. The van der Waals surface area contributed by atoms with Crippen molar-refractivity contribution in [3.8, 4) is 0 Å². The van der Waals surface area contributed by atoms with E-state index in [-0.39, 0.29) is 20.4 Å². The Kier molecular flexibility index (Phi) is 20.8. The third-order valence-corrected chi connectivity index (χ3v) is 0. The largest absolute Gasteiger partial charge is 2.00 e. The van der Waals surface area contributed by atoms with Crippen molar-refractivity contribution in [2.24, 2.45) is 0 Å². The molecule has 0 aromatic heterocycles. The second-order valence-corrected chi connectivity index (χ2v) is 3.00. The standard InChI is InChI=1S/2C4H9.Pd/c2*1-4(2)3;/h2*1-3H3;/q2*-1;+2. The summed E-state index contributed by atoms with van der Waals surface area (Å²) in [6.45, 7) is 12.5. The van der Waals surface area contributed by atoms with E-state index in [1.54, 1.807) is 0 Å². The zero-order valence-corrected chi connectivity index (χ0v) is 8.87. The first-order chi connectivity index (χ1) is 3.46. The van der Waals surface area contributed by atoms with E-state index >= 15 is 0 Å². The topological polar surface area (TPSA) is 0 Å². The van der Waals surface area contributed by atoms with Gasteiger partial charge >= 0.3 is 20.4 Å². The molecule has 60 valence electrons. The quantitative estimate of drug-likeness (QED) is 0.434. The van der Waals surface area contributed by atoms with Crippen molar-refractivity contribution in [2.75, 3.05) is 0 Å². The van der Waals surface area contributed by atoms with Crippen LogP contribution in [-0.2, 0) is 20.4 Å². The Labute approximate surface area is 74.1 Å². The molecule has 0 atom stereocenters. The molecule has 0 amide bonds. The fourth-order valence-corrected chi connectivity index (χ4v) is 0. The molecule has 0 nitrogen and oxygen atoms in total. The SMILES string of the molecule is C[C-](C)C.C[C-](C)C.[Pd+2]. The minimum Gasteiger partial charge on any atom is -0.323 e. The minimum atomic E-state index is 0. The maximum absolute atomic E-state index is 2.08. The van der Waals surface area contributed by atoms with Crippen LogP contribution in [0.2, 0.25) is 0 Å². The summed E-state index contributed by atoms with van der Waals surface area (Å²) < 4.78 is 0. The molecule has 0 fully saturated rings. The van der Waals surface area contributed by atoms with Crippen molar-refractivity contribution in [1.82, 2.24) is 0 Å². The molecule has 0 aliphatic carbocycles. The smallest absolute Gasteiger partial charge is 0.323 e. The van der Waals surface area contributed by atoms with E-state index in [9.17, 15) is 0 Å². The second kappa shape index (κ2) is 11.5. The molecule has 0 aliphatic heterocycles. The molecule has 0 aromatic rings. The van der Waals surface area contributed by atoms with E-state index in [0.717, 1.165) is 0 Å². The third-order valence-electron chi connectivity index (χ3n) is 0. The average Bonchev–Trinajstić information content (AvgIpc) is 1.25. The van der Waals surface area contributed by atoms with Gasteiger partial charge < -0.3 is 11.8 Å². The van der Waals surface area contributed by atoms with Crippen LogP contribution in [-0.4, -0.2) is 0 Å². The maximum Gasteiger partial charge on any atom is 2.00 e. The molecule has 1 heteroatoms. The Balaban J connectivity index is -0.0000000720. The van der Waals surface area contributed by atoms with Crippen LogP contribution in [0.25, 0.3) is 0 Å². The van der Waals surface area contributed by atoms with Gasteiger partial charge in [-0.05, 0) is 0 Å². The minimum absolute atomic E-state index is 0. The van der Waals surface area contributed by atoms with Crippen LogP contribution in [0.5, 0.6) is 0 Å². The van der Waals surface area contributed by atoms with Crippen LogP contribution in [0.4, 0.5) is 0 Å². The van der Waals surface area contributed by atoms with Gasteiger partial charge in [-0.2, -0.15) is 41.5 Å². The summed E-state index contributed by atoms with van der Waals surface area (Å²) in [7, 11) is 0. The van der Waals surface area contributed by atoms with Crippen molar-refractivity contribution >= 4 is 0 Å². The molecular weight excluding hydrogens is 203 g/mol. The fourth-order valence-electron chi connectivity index (χ4n) is 0. The zero-order chi connectivity index (χ0) is 7.15. The first-order valence-corrected chi connectivity index (χ1v) is 3.00. The van der Waals surface area contributed by atoms with Crippen LogP contribution in [0.15, 0.2) is 0 Å². The summed E-state index contributed by atoms with van der Waals surface area (Å²) in [6, 6.07) is 0. The Bertz CT molecular complexity index is 20.0. The molecule has 0 spiro atoms. The number of hydrogen-bond donors (Lipinski definition) is 0. The molecule has 0 unspecified atom stereocenters. The third kappa shape index (κ3) is 876. The molecule has 0 N–H and O–H groups in total. The number of rotatable bonds is 0. The van der Waals surface area contributed by atoms with Crippen molar-refractivity contribution in [3.63, 3.8) is 0 Å². The van der Waals surface area contributed by atoms with Gasteiger partial charge in [-0.1, -0.05) is 0 Å². The summed E-state index contributed by atoms with van der Waals surface area (Å²) in [6.07, 6.45) is 0. The number of hydrogen-bond acceptors (Lipinski definition) is 0. The summed E-state index contributed by atoms with van der Waals surface area (Å²) in [4.78, 5) is 0. The Morgan fingerprint density at radius 1 is 0.556 bits per heavy atom. The molecule has 0 heterocycles.